The van der Waals surface area contributed by atoms with Gasteiger partial charge in [0.2, 0.25) is 0 Å². The summed E-state index contributed by atoms with van der Waals surface area (Å²) in [5.41, 5.74) is 1.75. The van der Waals surface area contributed by atoms with Crippen LogP contribution in [-0.4, -0.2) is 61.4 Å². The van der Waals surface area contributed by atoms with Crippen LogP contribution < -0.4 is 4.90 Å². The van der Waals surface area contributed by atoms with Crippen molar-refractivity contribution in [3.8, 4) is 0 Å². The quantitative estimate of drug-likeness (QED) is 0.309. The van der Waals surface area contributed by atoms with Crippen molar-refractivity contribution < 1.29 is 18.0 Å². The zero-order valence-corrected chi connectivity index (χ0v) is 21.4. The highest BCUT2D eigenvalue weighted by molar-refractivity contribution is 7.99. The first kappa shape index (κ1) is 25.8. The van der Waals surface area contributed by atoms with Crippen molar-refractivity contribution in [2.24, 2.45) is 0 Å². The van der Waals surface area contributed by atoms with Gasteiger partial charge in [-0.05, 0) is 43.3 Å². The molecule has 4 nitrogen and oxygen atoms in total. The lowest BCUT2D eigenvalue weighted by Crippen LogP contribution is -2.47. The monoisotopic (exact) mass is 525 g/mol. The molecule has 0 N–H and O–H groups in total. The highest BCUT2D eigenvalue weighted by Gasteiger charge is 2.33. The number of carbonyl (C=O) groups is 1. The predicted molar refractivity (Wildman–Crippen MR) is 142 cm³/mol. The molecule has 0 radical (unpaired) electrons. The first-order valence-electron chi connectivity index (χ1n) is 12.7. The van der Waals surface area contributed by atoms with Gasteiger partial charge in [-0.25, -0.2) is 0 Å². The van der Waals surface area contributed by atoms with Crippen LogP contribution in [0.5, 0.6) is 0 Å². The second-order valence-electron chi connectivity index (χ2n) is 9.48. The molecule has 2 aliphatic rings. The summed E-state index contributed by atoms with van der Waals surface area (Å²) in [7, 11) is 0. The van der Waals surface area contributed by atoms with Crippen molar-refractivity contribution in [3.63, 3.8) is 0 Å². The van der Waals surface area contributed by atoms with E-state index in [4.69, 9.17) is 0 Å². The van der Waals surface area contributed by atoms with E-state index >= 15 is 0 Å². The predicted octanol–water partition coefficient (Wildman–Crippen LogP) is 6.59. The van der Waals surface area contributed by atoms with Crippen molar-refractivity contribution in [1.82, 2.24) is 9.80 Å². The zero-order valence-electron chi connectivity index (χ0n) is 20.6. The standard InChI is InChI=1S/C29H30F3N3OS/c30-29(31,32)23-11-12-28-25(21-23)35(24-9-4-5-10-27(24)37-28)15-6-14-33-17-19-34(20-18-33)16-13-26(36)22-7-2-1-3-8-22/h1-5,7-12,21H,6,13-20H2. The minimum absolute atomic E-state index is 0.178. The number of piperazine rings is 1. The number of hydrogen-bond acceptors (Lipinski definition) is 5. The van der Waals surface area contributed by atoms with E-state index in [9.17, 15) is 18.0 Å². The van der Waals surface area contributed by atoms with Crippen LogP contribution in [0, 0.1) is 0 Å². The maximum atomic E-state index is 13.4. The molecule has 0 bridgehead atoms. The molecule has 0 amide bonds. The first-order valence-corrected chi connectivity index (χ1v) is 13.5. The number of halogens is 3. The van der Waals surface area contributed by atoms with E-state index in [1.807, 2.05) is 59.5 Å². The third-order valence-corrected chi connectivity index (χ3v) is 8.16. The Hall–Kier alpha value is -2.81. The number of ketones is 1. The summed E-state index contributed by atoms with van der Waals surface area (Å²) in [6, 6.07) is 21.4. The molecular weight excluding hydrogens is 495 g/mol. The van der Waals surface area contributed by atoms with Crippen molar-refractivity contribution in [2.45, 2.75) is 28.8 Å². The van der Waals surface area contributed by atoms with Gasteiger partial charge >= 0.3 is 6.18 Å². The van der Waals surface area contributed by atoms with Crippen LogP contribution in [0.1, 0.15) is 28.8 Å². The second kappa shape index (κ2) is 11.3. The molecule has 0 unspecified atom stereocenters. The molecule has 37 heavy (non-hydrogen) atoms. The Morgan fingerprint density at radius 3 is 2.14 bits per heavy atom. The number of anilines is 2. The minimum Gasteiger partial charge on any atom is -0.340 e. The van der Waals surface area contributed by atoms with Gasteiger partial charge in [-0.1, -0.05) is 54.2 Å². The first-order chi connectivity index (χ1) is 17.9. The number of benzene rings is 3. The molecular formula is C29H30F3N3OS. The van der Waals surface area contributed by atoms with Crippen LogP contribution in [0.25, 0.3) is 0 Å². The van der Waals surface area contributed by atoms with Crippen molar-refractivity contribution in [2.75, 3.05) is 50.7 Å². The van der Waals surface area contributed by atoms with Crippen molar-refractivity contribution in [3.05, 3.63) is 83.9 Å². The summed E-state index contributed by atoms with van der Waals surface area (Å²) in [4.78, 5) is 21.1. The summed E-state index contributed by atoms with van der Waals surface area (Å²) < 4.78 is 40.3. The van der Waals surface area contributed by atoms with Crippen LogP contribution in [0.4, 0.5) is 24.5 Å². The SMILES string of the molecule is O=C(CCN1CCN(CCCN2c3ccccc3Sc3ccc(C(F)(F)F)cc32)CC1)c1ccccc1. The zero-order chi connectivity index (χ0) is 25.8. The second-order valence-corrected chi connectivity index (χ2v) is 10.6. The highest BCUT2D eigenvalue weighted by atomic mass is 32.2. The van der Waals surface area contributed by atoms with E-state index in [1.165, 1.54) is 23.9 Å². The summed E-state index contributed by atoms with van der Waals surface area (Å²) in [5.74, 6) is 0.178. The fraction of sp³-hybridized carbons (Fsp3) is 0.345. The molecule has 5 rings (SSSR count). The molecule has 2 aliphatic heterocycles. The molecule has 2 heterocycles. The Bertz CT molecular complexity index is 1230. The highest BCUT2D eigenvalue weighted by Crippen LogP contribution is 2.49. The van der Waals surface area contributed by atoms with E-state index in [0.29, 0.717) is 18.7 Å². The summed E-state index contributed by atoms with van der Waals surface area (Å²) in [6.07, 6.45) is -3.00. The van der Waals surface area contributed by atoms with Gasteiger partial charge in [0.15, 0.2) is 5.78 Å². The van der Waals surface area contributed by atoms with Gasteiger partial charge in [0.1, 0.15) is 0 Å². The molecule has 8 heteroatoms. The van der Waals surface area contributed by atoms with Crippen LogP contribution in [0.15, 0.2) is 82.6 Å². The lowest BCUT2D eigenvalue weighted by molar-refractivity contribution is -0.137. The van der Waals surface area contributed by atoms with E-state index in [0.717, 1.165) is 66.7 Å². The molecule has 0 spiro atoms. The Morgan fingerprint density at radius 2 is 1.41 bits per heavy atom. The van der Waals surface area contributed by atoms with Gasteiger partial charge in [-0.15, -0.1) is 0 Å². The molecule has 1 fully saturated rings. The fourth-order valence-corrected chi connectivity index (χ4v) is 6.04. The third kappa shape index (κ3) is 6.20. The van der Waals surface area contributed by atoms with Crippen LogP contribution in [0.2, 0.25) is 0 Å². The van der Waals surface area contributed by atoms with Gasteiger partial charge < -0.3 is 14.7 Å². The van der Waals surface area contributed by atoms with E-state index in [-0.39, 0.29) is 5.78 Å². The summed E-state index contributed by atoms with van der Waals surface area (Å²) >= 11 is 1.52. The van der Waals surface area contributed by atoms with Crippen molar-refractivity contribution in [1.29, 1.82) is 0 Å². The minimum atomic E-state index is -4.37. The number of rotatable bonds is 8. The number of alkyl halides is 3. The van der Waals surface area contributed by atoms with Gasteiger partial charge in [0, 0.05) is 61.0 Å². The molecule has 0 aromatic heterocycles. The van der Waals surface area contributed by atoms with Gasteiger partial charge in [-0.3, -0.25) is 4.79 Å². The van der Waals surface area contributed by atoms with Gasteiger partial charge in [-0.2, -0.15) is 13.2 Å². The lowest BCUT2D eigenvalue weighted by Gasteiger charge is -2.36. The maximum absolute atomic E-state index is 13.4. The number of nitrogens with zero attached hydrogens (tertiary/aromatic N) is 3. The molecule has 0 saturated carbocycles. The van der Waals surface area contributed by atoms with E-state index in [2.05, 4.69) is 9.80 Å². The lowest BCUT2D eigenvalue weighted by atomic mass is 10.1. The summed E-state index contributed by atoms with van der Waals surface area (Å²) in [5, 5.41) is 0. The Kier molecular flexibility index (Phi) is 7.88. The van der Waals surface area contributed by atoms with Gasteiger partial charge in [0.05, 0.1) is 16.9 Å². The normalized spacial score (nSPS) is 16.4. The fourth-order valence-electron chi connectivity index (χ4n) is 4.96. The molecule has 0 atom stereocenters. The molecule has 1 saturated heterocycles. The summed E-state index contributed by atoms with van der Waals surface area (Å²) in [6.45, 7) is 6.00. The Balaban J connectivity index is 1.15. The van der Waals surface area contributed by atoms with Crippen molar-refractivity contribution >= 4 is 28.9 Å². The molecule has 3 aromatic rings. The average molecular weight is 526 g/mol. The van der Waals surface area contributed by atoms with Crippen LogP contribution >= 0.6 is 11.8 Å². The van der Waals surface area contributed by atoms with Crippen LogP contribution in [-0.2, 0) is 6.18 Å². The molecule has 0 aliphatic carbocycles. The van der Waals surface area contributed by atoms with E-state index in [1.54, 1.807) is 6.07 Å². The molecule has 194 valence electrons. The third-order valence-electron chi connectivity index (χ3n) is 7.02. The molecule has 3 aromatic carbocycles. The smallest absolute Gasteiger partial charge is 0.340 e. The number of carbonyl (C=O) groups excluding carboxylic acids is 1. The largest absolute Gasteiger partial charge is 0.416 e. The number of fused-ring (bicyclic) bond motifs is 2. The average Bonchev–Trinajstić information content (AvgIpc) is 2.91. The topological polar surface area (TPSA) is 26.8 Å². The maximum Gasteiger partial charge on any atom is 0.416 e. The van der Waals surface area contributed by atoms with Crippen LogP contribution in [0.3, 0.4) is 0 Å². The Labute approximate surface area is 220 Å². The Morgan fingerprint density at radius 1 is 0.757 bits per heavy atom. The van der Waals surface area contributed by atoms with E-state index < -0.39 is 11.7 Å². The number of hydrogen-bond donors (Lipinski definition) is 0. The van der Waals surface area contributed by atoms with Gasteiger partial charge in [0.25, 0.3) is 0 Å². The number of Topliss-reactive ketones (excluding diaryl/α,β-unsaturated/α-hetero) is 1. The number of para-hydroxylation sites is 1.